The largest absolute Gasteiger partial charge is 0.354 e. The summed E-state index contributed by atoms with van der Waals surface area (Å²) in [6, 6.07) is 10.8. The van der Waals surface area contributed by atoms with E-state index in [1.54, 1.807) is 0 Å². The number of piperazine rings is 1. The Bertz CT molecular complexity index is 584. The minimum atomic E-state index is 1.04. The molecule has 0 spiro atoms. The second kappa shape index (κ2) is 5.63. The SMILES string of the molecule is Cc1cccc(-c2ccc(N3CCNCC3)nc2)c1C. The van der Waals surface area contributed by atoms with Crippen LogP contribution >= 0.6 is 0 Å². The summed E-state index contributed by atoms with van der Waals surface area (Å²) in [6.07, 6.45) is 2.00. The van der Waals surface area contributed by atoms with Crippen LogP contribution in [0.2, 0.25) is 0 Å². The lowest BCUT2D eigenvalue weighted by Crippen LogP contribution is -2.43. The highest BCUT2D eigenvalue weighted by molar-refractivity contribution is 5.68. The monoisotopic (exact) mass is 267 g/mol. The molecule has 0 aliphatic carbocycles. The first kappa shape index (κ1) is 13.1. The van der Waals surface area contributed by atoms with E-state index in [4.69, 9.17) is 0 Å². The van der Waals surface area contributed by atoms with Gasteiger partial charge in [-0.2, -0.15) is 0 Å². The van der Waals surface area contributed by atoms with Crippen LogP contribution in [0, 0.1) is 13.8 Å². The Balaban J connectivity index is 1.87. The maximum atomic E-state index is 4.65. The molecule has 0 bridgehead atoms. The van der Waals surface area contributed by atoms with Crippen molar-refractivity contribution in [2.24, 2.45) is 0 Å². The van der Waals surface area contributed by atoms with E-state index in [-0.39, 0.29) is 0 Å². The second-order valence-electron chi connectivity index (χ2n) is 5.39. The molecule has 104 valence electrons. The van der Waals surface area contributed by atoms with Crippen molar-refractivity contribution < 1.29 is 0 Å². The maximum absolute atomic E-state index is 4.65. The van der Waals surface area contributed by atoms with Crippen LogP contribution < -0.4 is 10.2 Å². The molecular weight excluding hydrogens is 246 g/mol. The van der Waals surface area contributed by atoms with Crippen molar-refractivity contribution >= 4 is 5.82 Å². The summed E-state index contributed by atoms with van der Waals surface area (Å²) in [5.74, 6) is 1.08. The van der Waals surface area contributed by atoms with Gasteiger partial charge in [0.25, 0.3) is 0 Å². The summed E-state index contributed by atoms with van der Waals surface area (Å²) in [5, 5.41) is 3.37. The maximum Gasteiger partial charge on any atom is 0.128 e. The predicted molar refractivity (Wildman–Crippen MR) is 84.2 cm³/mol. The highest BCUT2D eigenvalue weighted by Crippen LogP contribution is 2.26. The van der Waals surface area contributed by atoms with Crippen molar-refractivity contribution in [2.45, 2.75) is 13.8 Å². The van der Waals surface area contributed by atoms with Gasteiger partial charge in [-0.3, -0.25) is 0 Å². The molecule has 1 N–H and O–H groups in total. The minimum Gasteiger partial charge on any atom is -0.354 e. The number of anilines is 1. The van der Waals surface area contributed by atoms with Gasteiger partial charge in [0.15, 0.2) is 0 Å². The normalized spacial score (nSPS) is 15.4. The second-order valence-corrected chi connectivity index (χ2v) is 5.39. The smallest absolute Gasteiger partial charge is 0.128 e. The third-order valence-electron chi connectivity index (χ3n) is 4.10. The fourth-order valence-electron chi connectivity index (χ4n) is 2.69. The molecule has 1 saturated heterocycles. The van der Waals surface area contributed by atoms with Gasteiger partial charge in [-0.1, -0.05) is 18.2 Å². The fourth-order valence-corrected chi connectivity index (χ4v) is 2.69. The molecule has 1 fully saturated rings. The van der Waals surface area contributed by atoms with Crippen molar-refractivity contribution in [2.75, 3.05) is 31.1 Å². The van der Waals surface area contributed by atoms with Crippen LogP contribution in [0.5, 0.6) is 0 Å². The lowest BCUT2D eigenvalue weighted by Gasteiger charge is -2.28. The molecule has 3 heteroatoms. The van der Waals surface area contributed by atoms with E-state index in [0.29, 0.717) is 0 Å². The van der Waals surface area contributed by atoms with E-state index in [0.717, 1.165) is 32.0 Å². The number of nitrogens with zero attached hydrogens (tertiary/aromatic N) is 2. The molecule has 0 radical (unpaired) electrons. The minimum absolute atomic E-state index is 1.04. The molecule has 0 saturated carbocycles. The predicted octanol–water partition coefficient (Wildman–Crippen LogP) is 2.78. The van der Waals surface area contributed by atoms with Crippen LogP contribution in [0.4, 0.5) is 5.82 Å². The first-order valence-electron chi connectivity index (χ1n) is 7.24. The van der Waals surface area contributed by atoms with Crippen molar-refractivity contribution in [3.05, 3.63) is 47.7 Å². The third kappa shape index (κ3) is 2.54. The van der Waals surface area contributed by atoms with Crippen LogP contribution in [0.15, 0.2) is 36.5 Å². The van der Waals surface area contributed by atoms with Crippen LogP contribution in [0.1, 0.15) is 11.1 Å². The number of benzene rings is 1. The molecular formula is C17H21N3. The molecule has 1 aromatic carbocycles. The Hall–Kier alpha value is -1.87. The topological polar surface area (TPSA) is 28.2 Å². The highest BCUT2D eigenvalue weighted by Gasteiger charge is 2.11. The number of nitrogens with one attached hydrogen (secondary N) is 1. The molecule has 2 aromatic rings. The van der Waals surface area contributed by atoms with Crippen LogP contribution in [0.3, 0.4) is 0 Å². The third-order valence-corrected chi connectivity index (χ3v) is 4.10. The Morgan fingerprint density at radius 3 is 2.55 bits per heavy atom. The molecule has 0 atom stereocenters. The summed E-state index contributed by atoms with van der Waals surface area (Å²) >= 11 is 0. The first-order valence-corrected chi connectivity index (χ1v) is 7.24. The molecule has 0 amide bonds. The van der Waals surface area contributed by atoms with Crippen LogP contribution in [-0.4, -0.2) is 31.2 Å². The first-order chi connectivity index (χ1) is 9.75. The van der Waals surface area contributed by atoms with E-state index in [9.17, 15) is 0 Å². The van der Waals surface area contributed by atoms with Crippen molar-refractivity contribution in [1.82, 2.24) is 10.3 Å². The zero-order chi connectivity index (χ0) is 13.9. The summed E-state index contributed by atoms with van der Waals surface area (Å²) in [4.78, 5) is 6.98. The quantitative estimate of drug-likeness (QED) is 0.907. The average Bonchev–Trinajstić information content (AvgIpc) is 2.51. The van der Waals surface area contributed by atoms with Crippen molar-refractivity contribution in [1.29, 1.82) is 0 Å². The van der Waals surface area contributed by atoms with Crippen molar-refractivity contribution in [3.63, 3.8) is 0 Å². The van der Waals surface area contributed by atoms with Gasteiger partial charge in [0.05, 0.1) is 0 Å². The molecule has 1 aliphatic heterocycles. The Labute approximate surface area is 120 Å². The fraction of sp³-hybridized carbons (Fsp3) is 0.353. The van der Waals surface area contributed by atoms with Gasteiger partial charge >= 0.3 is 0 Å². The Morgan fingerprint density at radius 2 is 1.85 bits per heavy atom. The van der Waals surface area contributed by atoms with Gasteiger partial charge in [-0.25, -0.2) is 4.98 Å². The number of aryl methyl sites for hydroxylation is 1. The Kier molecular flexibility index (Phi) is 3.70. The molecule has 20 heavy (non-hydrogen) atoms. The van der Waals surface area contributed by atoms with E-state index in [1.807, 2.05) is 6.20 Å². The van der Waals surface area contributed by atoms with Gasteiger partial charge in [0.1, 0.15) is 5.82 Å². The average molecular weight is 267 g/mol. The zero-order valence-electron chi connectivity index (χ0n) is 12.2. The number of hydrogen-bond donors (Lipinski definition) is 1. The number of hydrogen-bond acceptors (Lipinski definition) is 3. The molecule has 0 unspecified atom stereocenters. The lowest BCUT2D eigenvalue weighted by molar-refractivity contribution is 0.585. The Morgan fingerprint density at radius 1 is 1.05 bits per heavy atom. The lowest BCUT2D eigenvalue weighted by atomic mass is 9.98. The van der Waals surface area contributed by atoms with Gasteiger partial charge in [-0.05, 0) is 42.7 Å². The summed E-state index contributed by atoms with van der Waals surface area (Å²) in [5.41, 5.74) is 5.15. The van der Waals surface area contributed by atoms with Crippen LogP contribution in [0.25, 0.3) is 11.1 Å². The zero-order valence-corrected chi connectivity index (χ0v) is 12.2. The van der Waals surface area contributed by atoms with E-state index in [2.05, 4.69) is 59.4 Å². The summed E-state index contributed by atoms with van der Waals surface area (Å²) in [7, 11) is 0. The van der Waals surface area contributed by atoms with E-state index < -0.39 is 0 Å². The van der Waals surface area contributed by atoms with Crippen molar-refractivity contribution in [3.8, 4) is 11.1 Å². The van der Waals surface area contributed by atoms with Gasteiger partial charge < -0.3 is 10.2 Å². The van der Waals surface area contributed by atoms with Gasteiger partial charge in [0, 0.05) is 37.9 Å². The molecule has 1 aromatic heterocycles. The number of aromatic nitrogens is 1. The van der Waals surface area contributed by atoms with Gasteiger partial charge in [0.2, 0.25) is 0 Å². The van der Waals surface area contributed by atoms with Crippen LogP contribution in [-0.2, 0) is 0 Å². The standard InChI is InChI=1S/C17H21N3/c1-13-4-3-5-16(14(13)2)15-6-7-17(19-12-15)20-10-8-18-9-11-20/h3-7,12,18H,8-11H2,1-2H3. The molecule has 3 nitrogen and oxygen atoms in total. The molecule has 1 aliphatic rings. The molecule has 3 rings (SSSR count). The summed E-state index contributed by atoms with van der Waals surface area (Å²) < 4.78 is 0. The van der Waals surface area contributed by atoms with Gasteiger partial charge in [-0.15, -0.1) is 0 Å². The highest BCUT2D eigenvalue weighted by atomic mass is 15.2. The van der Waals surface area contributed by atoms with E-state index in [1.165, 1.54) is 22.3 Å². The number of pyridine rings is 1. The number of rotatable bonds is 2. The van der Waals surface area contributed by atoms with E-state index >= 15 is 0 Å². The summed E-state index contributed by atoms with van der Waals surface area (Å²) in [6.45, 7) is 8.49. The molecule has 2 heterocycles.